The van der Waals surface area contributed by atoms with Crippen LogP contribution in [0.4, 0.5) is 0 Å². The zero-order valence-corrected chi connectivity index (χ0v) is 6.39. The van der Waals surface area contributed by atoms with E-state index in [0.717, 1.165) is 0 Å². The van der Waals surface area contributed by atoms with Crippen molar-refractivity contribution in [3.63, 3.8) is 0 Å². The van der Waals surface area contributed by atoms with Crippen LogP contribution in [0.25, 0.3) is 0 Å². The Morgan fingerprint density at radius 3 is 2.40 bits per heavy atom. The van der Waals surface area contributed by atoms with E-state index in [0.29, 0.717) is 11.3 Å². The molecule has 0 aliphatic heterocycles. The lowest BCUT2D eigenvalue weighted by Crippen LogP contribution is -2.01. The van der Waals surface area contributed by atoms with Gasteiger partial charge in [0, 0.05) is 0 Å². The number of rotatable bonds is 2. The predicted molar refractivity (Wildman–Crippen MR) is 43.5 cm³/mol. The Morgan fingerprint density at radius 2 is 2.10 bits per heavy atom. The van der Waals surface area contributed by atoms with Crippen molar-refractivity contribution in [2.24, 2.45) is 5.73 Å². The van der Waals surface area contributed by atoms with Crippen LogP contribution in [0.1, 0.15) is 13.8 Å². The summed E-state index contributed by atoms with van der Waals surface area (Å²) >= 11 is 0. The summed E-state index contributed by atoms with van der Waals surface area (Å²) in [6.07, 6.45) is 3.25. The van der Waals surface area contributed by atoms with E-state index in [1.165, 1.54) is 6.08 Å². The van der Waals surface area contributed by atoms with Crippen molar-refractivity contribution in [3.05, 3.63) is 35.8 Å². The van der Waals surface area contributed by atoms with E-state index >= 15 is 0 Å². The van der Waals surface area contributed by atoms with E-state index in [1.54, 1.807) is 13.0 Å². The van der Waals surface area contributed by atoms with Gasteiger partial charge in [0.05, 0.1) is 5.70 Å². The first-order valence-corrected chi connectivity index (χ1v) is 3.07. The first-order chi connectivity index (χ1) is 4.59. The van der Waals surface area contributed by atoms with Gasteiger partial charge in [0.25, 0.3) is 0 Å². The number of aliphatic hydroxyl groups is 1. The summed E-state index contributed by atoms with van der Waals surface area (Å²) in [6, 6.07) is 0. The van der Waals surface area contributed by atoms with Crippen LogP contribution in [0.5, 0.6) is 0 Å². The minimum absolute atomic E-state index is 0.0787. The minimum Gasteiger partial charge on any atom is -0.506 e. The summed E-state index contributed by atoms with van der Waals surface area (Å²) in [6.45, 7) is 7.13. The maximum absolute atomic E-state index is 9.10. The third-order valence-electron chi connectivity index (χ3n) is 1.06. The summed E-state index contributed by atoms with van der Waals surface area (Å²) < 4.78 is 0. The van der Waals surface area contributed by atoms with E-state index in [9.17, 15) is 0 Å². The summed E-state index contributed by atoms with van der Waals surface area (Å²) in [5.74, 6) is 0.0787. The molecule has 2 nitrogen and oxygen atoms in total. The smallest absolute Gasteiger partial charge is 0.138 e. The number of allylic oxidation sites excluding steroid dienone is 3. The largest absolute Gasteiger partial charge is 0.506 e. The van der Waals surface area contributed by atoms with Crippen LogP contribution in [0.2, 0.25) is 0 Å². The summed E-state index contributed by atoms with van der Waals surface area (Å²) in [5.41, 5.74) is 6.45. The van der Waals surface area contributed by atoms with Gasteiger partial charge in [0.1, 0.15) is 5.76 Å². The number of aliphatic hydroxyl groups excluding tert-OH is 1. The van der Waals surface area contributed by atoms with Gasteiger partial charge in [0.15, 0.2) is 0 Å². The van der Waals surface area contributed by atoms with Gasteiger partial charge in [-0.15, -0.1) is 0 Å². The van der Waals surface area contributed by atoms with Crippen LogP contribution in [0.15, 0.2) is 35.8 Å². The van der Waals surface area contributed by atoms with Gasteiger partial charge in [-0.2, -0.15) is 0 Å². The molecule has 0 aromatic heterocycles. The van der Waals surface area contributed by atoms with Crippen LogP contribution >= 0.6 is 0 Å². The average molecular weight is 139 g/mol. The molecule has 0 rings (SSSR count). The van der Waals surface area contributed by atoms with Gasteiger partial charge >= 0.3 is 0 Å². The lowest BCUT2D eigenvalue weighted by molar-refractivity contribution is 0.425. The molecule has 0 saturated carbocycles. The predicted octanol–water partition coefficient (Wildman–Crippen LogP) is 1.87. The van der Waals surface area contributed by atoms with Gasteiger partial charge in [0.2, 0.25) is 0 Å². The standard InChI is InChI=1S/C8H13NO/c1-4-5-7(10)8(9)6(2)3/h4-5,10H,2,9H2,1,3H3/b5-4-,8-7-. The van der Waals surface area contributed by atoms with Crippen molar-refractivity contribution in [1.29, 1.82) is 0 Å². The Hall–Kier alpha value is -1.18. The van der Waals surface area contributed by atoms with Gasteiger partial charge in [-0.25, -0.2) is 0 Å². The molecule has 10 heavy (non-hydrogen) atoms. The molecule has 0 aliphatic rings. The third kappa shape index (κ3) is 2.40. The molecule has 0 spiro atoms. The van der Waals surface area contributed by atoms with Gasteiger partial charge < -0.3 is 10.8 Å². The summed E-state index contributed by atoms with van der Waals surface area (Å²) in [7, 11) is 0. The fourth-order valence-corrected chi connectivity index (χ4v) is 0.466. The van der Waals surface area contributed by atoms with Crippen molar-refractivity contribution in [3.8, 4) is 0 Å². The van der Waals surface area contributed by atoms with Crippen LogP contribution in [-0.2, 0) is 0 Å². The van der Waals surface area contributed by atoms with Gasteiger partial charge in [-0.3, -0.25) is 0 Å². The van der Waals surface area contributed by atoms with Crippen LogP contribution in [0, 0.1) is 0 Å². The first kappa shape index (κ1) is 8.82. The molecule has 0 fully saturated rings. The average Bonchev–Trinajstić information content (AvgIpc) is 1.87. The van der Waals surface area contributed by atoms with Crippen molar-refractivity contribution in [2.45, 2.75) is 13.8 Å². The highest BCUT2D eigenvalue weighted by molar-refractivity contribution is 5.30. The molecule has 0 radical (unpaired) electrons. The summed E-state index contributed by atoms with van der Waals surface area (Å²) in [4.78, 5) is 0. The van der Waals surface area contributed by atoms with Gasteiger partial charge in [-0.1, -0.05) is 12.7 Å². The van der Waals surface area contributed by atoms with E-state index in [4.69, 9.17) is 10.8 Å². The Morgan fingerprint density at radius 1 is 1.60 bits per heavy atom. The van der Waals surface area contributed by atoms with Crippen LogP contribution < -0.4 is 5.73 Å². The lowest BCUT2D eigenvalue weighted by Gasteiger charge is -1.99. The molecule has 3 N–H and O–H groups in total. The Bertz CT molecular complexity index is 189. The number of hydrogen-bond acceptors (Lipinski definition) is 2. The lowest BCUT2D eigenvalue weighted by atomic mass is 10.2. The maximum Gasteiger partial charge on any atom is 0.138 e. The van der Waals surface area contributed by atoms with E-state index in [-0.39, 0.29) is 5.76 Å². The number of nitrogens with two attached hydrogens (primary N) is 1. The minimum atomic E-state index is 0.0787. The highest BCUT2D eigenvalue weighted by atomic mass is 16.3. The fraction of sp³-hybridized carbons (Fsp3) is 0.250. The molecule has 0 heterocycles. The first-order valence-electron chi connectivity index (χ1n) is 3.07. The highest BCUT2D eigenvalue weighted by Gasteiger charge is 1.95. The molecule has 0 saturated heterocycles. The van der Waals surface area contributed by atoms with E-state index in [2.05, 4.69) is 6.58 Å². The highest BCUT2D eigenvalue weighted by Crippen LogP contribution is 2.04. The topological polar surface area (TPSA) is 46.2 Å². The molecular formula is C8H13NO. The molecule has 0 aromatic rings. The zero-order chi connectivity index (χ0) is 8.15. The van der Waals surface area contributed by atoms with Crippen molar-refractivity contribution in [1.82, 2.24) is 0 Å². The second-order valence-corrected chi connectivity index (χ2v) is 2.08. The van der Waals surface area contributed by atoms with Crippen molar-refractivity contribution < 1.29 is 5.11 Å². The van der Waals surface area contributed by atoms with Gasteiger partial charge in [-0.05, 0) is 25.5 Å². The fourth-order valence-electron chi connectivity index (χ4n) is 0.466. The second-order valence-electron chi connectivity index (χ2n) is 2.08. The second kappa shape index (κ2) is 3.77. The maximum atomic E-state index is 9.10. The molecule has 0 amide bonds. The van der Waals surface area contributed by atoms with E-state index in [1.807, 2.05) is 6.92 Å². The third-order valence-corrected chi connectivity index (χ3v) is 1.06. The van der Waals surface area contributed by atoms with Crippen LogP contribution in [0.3, 0.4) is 0 Å². The van der Waals surface area contributed by atoms with E-state index < -0.39 is 0 Å². The van der Waals surface area contributed by atoms with Crippen LogP contribution in [-0.4, -0.2) is 5.11 Å². The van der Waals surface area contributed by atoms with Crippen molar-refractivity contribution in [2.75, 3.05) is 0 Å². The monoisotopic (exact) mass is 139 g/mol. The molecule has 0 bridgehead atoms. The summed E-state index contributed by atoms with van der Waals surface area (Å²) in [5, 5.41) is 9.10. The molecular weight excluding hydrogens is 126 g/mol. The molecule has 0 aliphatic carbocycles. The normalized spacial score (nSPS) is 13.4. The molecule has 0 unspecified atom stereocenters. The quantitative estimate of drug-likeness (QED) is 0.453. The molecule has 2 heteroatoms. The zero-order valence-electron chi connectivity index (χ0n) is 6.39. The Labute approximate surface area is 61.4 Å². The molecule has 0 aromatic carbocycles. The SMILES string of the molecule is C=C(C)/C(N)=C(O)\C=C/C. The Balaban J connectivity index is 4.50. The van der Waals surface area contributed by atoms with Crippen molar-refractivity contribution >= 4 is 0 Å². The number of hydrogen-bond donors (Lipinski definition) is 2. The molecule has 56 valence electrons. The molecule has 0 atom stereocenters. The Kier molecular flexibility index (Phi) is 3.33.